The molecule has 0 aromatic heterocycles. The maximum Gasteiger partial charge on any atom is 0.120 e. The highest BCUT2D eigenvalue weighted by atomic mass is 32.2. The molecule has 1 aromatic rings. The molecule has 4 N–H and O–H groups in total. The van der Waals surface area contributed by atoms with Crippen LogP contribution < -0.4 is 5.73 Å². The van der Waals surface area contributed by atoms with Crippen LogP contribution in [-0.2, 0) is 0 Å². The molecule has 0 radical (unpaired) electrons. The van der Waals surface area contributed by atoms with Crippen molar-refractivity contribution in [2.75, 3.05) is 12.9 Å². The molecule has 1 atom stereocenters. The minimum Gasteiger partial charge on any atom is -0.508 e. The van der Waals surface area contributed by atoms with Gasteiger partial charge in [0.1, 0.15) is 5.75 Å². The van der Waals surface area contributed by atoms with Gasteiger partial charge in [0.15, 0.2) is 0 Å². The molecule has 0 amide bonds. The van der Waals surface area contributed by atoms with E-state index in [-0.39, 0.29) is 12.4 Å². The number of phenolic OH excluding ortho intramolecular Hbond substituents is 1. The number of aromatic hydroxyl groups is 1. The van der Waals surface area contributed by atoms with E-state index in [0.717, 1.165) is 4.90 Å². The second kappa shape index (κ2) is 4.50. The van der Waals surface area contributed by atoms with Crippen molar-refractivity contribution >= 4 is 11.8 Å². The van der Waals surface area contributed by atoms with Crippen LogP contribution in [0.25, 0.3) is 0 Å². The summed E-state index contributed by atoms with van der Waals surface area (Å²) in [4.78, 5) is 1.02. The topological polar surface area (TPSA) is 66.5 Å². The summed E-state index contributed by atoms with van der Waals surface area (Å²) < 4.78 is 0. The van der Waals surface area contributed by atoms with Gasteiger partial charge in [-0.05, 0) is 24.5 Å². The van der Waals surface area contributed by atoms with E-state index in [9.17, 15) is 5.11 Å². The Morgan fingerprint density at radius 2 is 2.23 bits per heavy atom. The first kappa shape index (κ1) is 10.4. The van der Waals surface area contributed by atoms with E-state index in [1.807, 2.05) is 12.3 Å². The van der Waals surface area contributed by atoms with Crippen LogP contribution in [0.4, 0.5) is 0 Å². The maximum absolute atomic E-state index is 9.43. The summed E-state index contributed by atoms with van der Waals surface area (Å²) in [5.74, 6) is 0.138. The Hall–Kier alpha value is -0.710. The Morgan fingerprint density at radius 3 is 2.77 bits per heavy atom. The van der Waals surface area contributed by atoms with Gasteiger partial charge in [-0.2, -0.15) is 0 Å². The zero-order valence-electron chi connectivity index (χ0n) is 7.40. The molecule has 4 heteroatoms. The first-order valence-electron chi connectivity index (χ1n) is 3.92. The average molecular weight is 199 g/mol. The molecule has 0 aliphatic carbocycles. The van der Waals surface area contributed by atoms with Crippen LogP contribution in [-0.4, -0.2) is 23.1 Å². The lowest BCUT2D eigenvalue weighted by atomic mass is 10.1. The van der Waals surface area contributed by atoms with Crippen LogP contribution in [0.1, 0.15) is 11.6 Å². The zero-order valence-corrected chi connectivity index (χ0v) is 8.21. The summed E-state index contributed by atoms with van der Waals surface area (Å²) in [6.07, 6.45) is 1.95. The molecule has 72 valence electrons. The van der Waals surface area contributed by atoms with E-state index in [1.54, 1.807) is 23.9 Å². The minimum atomic E-state index is -0.507. The fourth-order valence-corrected chi connectivity index (χ4v) is 1.50. The normalized spacial score (nSPS) is 12.8. The van der Waals surface area contributed by atoms with Gasteiger partial charge in [0, 0.05) is 10.5 Å². The van der Waals surface area contributed by atoms with Crippen molar-refractivity contribution in [1.82, 2.24) is 0 Å². The Balaban J connectivity index is 3.03. The number of hydrogen-bond donors (Lipinski definition) is 3. The average Bonchev–Trinajstić information content (AvgIpc) is 2.17. The highest BCUT2D eigenvalue weighted by molar-refractivity contribution is 7.98. The summed E-state index contributed by atoms with van der Waals surface area (Å²) in [5, 5.41) is 18.3. The van der Waals surface area contributed by atoms with E-state index >= 15 is 0 Å². The molecule has 0 aliphatic rings. The smallest absolute Gasteiger partial charge is 0.120 e. The molecule has 0 aliphatic heterocycles. The quantitative estimate of drug-likeness (QED) is 0.638. The molecule has 13 heavy (non-hydrogen) atoms. The van der Waals surface area contributed by atoms with E-state index in [4.69, 9.17) is 10.8 Å². The van der Waals surface area contributed by atoms with Gasteiger partial charge in [-0.15, -0.1) is 11.8 Å². The summed E-state index contributed by atoms with van der Waals surface area (Å²) in [6, 6.07) is 4.69. The Labute approximate surface area is 81.6 Å². The number of hydrogen-bond acceptors (Lipinski definition) is 4. The molecular weight excluding hydrogens is 186 g/mol. The van der Waals surface area contributed by atoms with Gasteiger partial charge in [-0.1, -0.05) is 0 Å². The van der Waals surface area contributed by atoms with Crippen LogP contribution in [0, 0.1) is 0 Å². The number of benzene rings is 1. The lowest BCUT2D eigenvalue weighted by Gasteiger charge is -2.11. The molecule has 3 nitrogen and oxygen atoms in total. The van der Waals surface area contributed by atoms with Crippen LogP contribution >= 0.6 is 11.8 Å². The van der Waals surface area contributed by atoms with Crippen molar-refractivity contribution in [3.8, 4) is 5.75 Å². The van der Waals surface area contributed by atoms with Gasteiger partial charge in [-0.25, -0.2) is 0 Å². The summed E-state index contributed by atoms with van der Waals surface area (Å²) in [7, 11) is 0. The Bertz CT molecular complexity index is 291. The molecule has 0 heterocycles. The number of aliphatic hydroxyl groups excluding tert-OH is 1. The van der Waals surface area contributed by atoms with Gasteiger partial charge in [0.2, 0.25) is 0 Å². The molecule has 1 aromatic carbocycles. The number of aliphatic hydroxyl groups is 1. The van der Waals surface area contributed by atoms with Crippen LogP contribution in [0.5, 0.6) is 5.75 Å². The van der Waals surface area contributed by atoms with Crippen LogP contribution in [0.3, 0.4) is 0 Å². The van der Waals surface area contributed by atoms with Gasteiger partial charge < -0.3 is 15.9 Å². The Kier molecular flexibility index (Phi) is 3.59. The van der Waals surface area contributed by atoms with Crippen LogP contribution in [0.2, 0.25) is 0 Å². The third-order valence-corrected chi connectivity index (χ3v) is 2.56. The van der Waals surface area contributed by atoms with Gasteiger partial charge in [0.25, 0.3) is 0 Å². The van der Waals surface area contributed by atoms with Crippen molar-refractivity contribution < 1.29 is 10.2 Å². The number of thioether (sulfide) groups is 1. The van der Waals surface area contributed by atoms with E-state index in [2.05, 4.69) is 0 Å². The predicted molar refractivity (Wildman–Crippen MR) is 53.9 cm³/mol. The predicted octanol–water partition coefficient (Wildman–Crippen LogP) is 1.11. The first-order chi connectivity index (χ1) is 6.19. The van der Waals surface area contributed by atoms with Crippen molar-refractivity contribution in [2.24, 2.45) is 5.73 Å². The summed E-state index contributed by atoms with van der Waals surface area (Å²) in [6.45, 7) is -0.161. The summed E-state index contributed by atoms with van der Waals surface area (Å²) in [5.41, 5.74) is 6.19. The number of rotatable bonds is 3. The lowest BCUT2D eigenvalue weighted by Crippen LogP contribution is -2.14. The minimum absolute atomic E-state index is 0.138. The fourth-order valence-electron chi connectivity index (χ4n) is 1.05. The standard InChI is InChI=1S/C9H13NO2S/c1-13-6-2-3-9(12)7(4-6)8(10)5-11/h2-4,8,11-12H,5,10H2,1H3/t8-/m1/s1. The van der Waals surface area contributed by atoms with Crippen LogP contribution in [0.15, 0.2) is 23.1 Å². The van der Waals surface area contributed by atoms with E-state index in [1.165, 1.54) is 0 Å². The second-order valence-corrected chi connectivity index (χ2v) is 3.59. The zero-order chi connectivity index (χ0) is 9.84. The van der Waals surface area contributed by atoms with Crippen molar-refractivity contribution in [3.63, 3.8) is 0 Å². The third-order valence-electron chi connectivity index (χ3n) is 1.83. The van der Waals surface area contributed by atoms with E-state index < -0.39 is 6.04 Å². The van der Waals surface area contributed by atoms with Gasteiger partial charge >= 0.3 is 0 Å². The monoisotopic (exact) mass is 199 g/mol. The molecule has 0 fully saturated rings. The fraction of sp³-hybridized carbons (Fsp3) is 0.333. The molecule has 0 unspecified atom stereocenters. The Morgan fingerprint density at radius 1 is 1.54 bits per heavy atom. The van der Waals surface area contributed by atoms with E-state index in [0.29, 0.717) is 5.56 Å². The highest BCUT2D eigenvalue weighted by Crippen LogP contribution is 2.27. The molecule has 0 spiro atoms. The highest BCUT2D eigenvalue weighted by Gasteiger charge is 2.09. The molecule has 0 saturated carbocycles. The molecule has 0 bridgehead atoms. The SMILES string of the molecule is CSc1ccc(O)c([C@H](N)CO)c1. The molecule has 1 rings (SSSR count). The number of nitrogens with two attached hydrogens (primary N) is 1. The maximum atomic E-state index is 9.43. The molecule has 0 saturated heterocycles. The largest absolute Gasteiger partial charge is 0.508 e. The van der Waals surface area contributed by atoms with Crippen molar-refractivity contribution in [1.29, 1.82) is 0 Å². The summed E-state index contributed by atoms with van der Waals surface area (Å²) >= 11 is 1.57. The second-order valence-electron chi connectivity index (χ2n) is 2.71. The van der Waals surface area contributed by atoms with Crippen molar-refractivity contribution in [3.05, 3.63) is 23.8 Å². The van der Waals surface area contributed by atoms with Gasteiger partial charge in [-0.3, -0.25) is 0 Å². The van der Waals surface area contributed by atoms with Gasteiger partial charge in [0.05, 0.1) is 12.6 Å². The lowest BCUT2D eigenvalue weighted by molar-refractivity contribution is 0.265. The third kappa shape index (κ3) is 2.37. The molecular formula is C9H13NO2S. The first-order valence-corrected chi connectivity index (χ1v) is 5.15. The number of phenols is 1. The van der Waals surface area contributed by atoms with Crippen molar-refractivity contribution in [2.45, 2.75) is 10.9 Å².